The van der Waals surface area contributed by atoms with E-state index in [9.17, 15) is 14.4 Å². The van der Waals surface area contributed by atoms with Gasteiger partial charge in [0.05, 0.1) is 5.69 Å². The van der Waals surface area contributed by atoms with Crippen LogP contribution in [0.4, 0.5) is 0 Å². The second kappa shape index (κ2) is 8.52. The predicted octanol–water partition coefficient (Wildman–Crippen LogP) is 1.01. The van der Waals surface area contributed by atoms with Crippen molar-refractivity contribution in [3.63, 3.8) is 0 Å². The number of carbonyl (C=O) groups is 3. The Morgan fingerprint density at radius 1 is 1.43 bits per heavy atom. The second-order valence-corrected chi connectivity index (χ2v) is 5.45. The van der Waals surface area contributed by atoms with Crippen LogP contribution in [0.3, 0.4) is 0 Å². The summed E-state index contributed by atoms with van der Waals surface area (Å²) in [5.74, 6) is -1.70. The first kappa shape index (κ1) is 19.0. The molecular formula is C14H20ClN3O5. The lowest BCUT2D eigenvalue weighted by molar-refractivity contribution is -0.149. The van der Waals surface area contributed by atoms with Crippen LogP contribution in [0.2, 0.25) is 5.22 Å². The molecule has 128 valence electrons. The summed E-state index contributed by atoms with van der Waals surface area (Å²) in [6.45, 7) is 4.78. The molecule has 0 aliphatic heterocycles. The van der Waals surface area contributed by atoms with Gasteiger partial charge in [-0.25, -0.2) is 4.79 Å². The molecule has 23 heavy (non-hydrogen) atoms. The molecule has 0 aliphatic rings. The van der Waals surface area contributed by atoms with Crippen molar-refractivity contribution in [3.8, 4) is 0 Å². The van der Waals surface area contributed by atoms with E-state index in [4.69, 9.17) is 21.2 Å². The van der Waals surface area contributed by atoms with Crippen molar-refractivity contribution in [3.05, 3.63) is 16.5 Å². The summed E-state index contributed by atoms with van der Waals surface area (Å²) in [4.78, 5) is 35.6. The van der Waals surface area contributed by atoms with E-state index in [-0.39, 0.29) is 36.5 Å². The Labute approximate surface area is 138 Å². The third-order valence-electron chi connectivity index (χ3n) is 3.40. The highest BCUT2D eigenvalue weighted by atomic mass is 35.5. The van der Waals surface area contributed by atoms with Crippen molar-refractivity contribution < 1.29 is 24.0 Å². The highest BCUT2D eigenvalue weighted by molar-refractivity contribution is 6.29. The Morgan fingerprint density at radius 2 is 2.09 bits per heavy atom. The molecule has 2 amide bonds. The molecule has 1 aromatic heterocycles. The van der Waals surface area contributed by atoms with Crippen LogP contribution in [-0.2, 0) is 20.8 Å². The number of hydrogen-bond acceptors (Lipinski definition) is 5. The maximum Gasteiger partial charge on any atom is 0.326 e. The van der Waals surface area contributed by atoms with E-state index in [2.05, 4.69) is 10.5 Å². The fraction of sp³-hybridized carbons (Fsp3) is 0.571. The number of aryl methyl sites for hydroxylation is 1. The zero-order valence-corrected chi connectivity index (χ0v) is 14.0. The van der Waals surface area contributed by atoms with Gasteiger partial charge in [-0.1, -0.05) is 5.16 Å². The number of nitrogens with one attached hydrogen (secondary N) is 1. The lowest BCUT2D eigenvalue weighted by Gasteiger charge is -2.26. The number of nitrogens with zero attached hydrogens (tertiary/aromatic N) is 2. The van der Waals surface area contributed by atoms with Crippen LogP contribution < -0.4 is 5.32 Å². The summed E-state index contributed by atoms with van der Waals surface area (Å²) in [6.07, 6.45) is 0.370. The summed E-state index contributed by atoms with van der Waals surface area (Å²) in [5, 5.41) is 15.5. The Kier molecular flexibility index (Phi) is 7.02. The first-order chi connectivity index (χ1) is 10.7. The Hall–Kier alpha value is -2.09. The molecule has 0 saturated carbocycles. The molecule has 1 aromatic rings. The largest absolute Gasteiger partial charge is 0.480 e. The van der Waals surface area contributed by atoms with Gasteiger partial charge in [-0.2, -0.15) is 0 Å². The summed E-state index contributed by atoms with van der Waals surface area (Å²) in [5.41, 5.74) is 1.23. The number of carboxylic acids is 1. The number of halogens is 1. The van der Waals surface area contributed by atoms with Gasteiger partial charge in [-0.3, -0.25) is 9.59 Å². The van der Waals surface area contributed by atoms with Gasteiger partial charge in [-0.15, -0.1) is 0 Å². The highest BCUT2D eigenvalue weighted by Crippen LogP contribution is 2.21. The van der Waals surface area contributed by atoms with E-state index >= 15 is 0 Å². The SMILES string of the molecule is CC(=O)NCCN(C(=O)CCc1c(C)noc1Cl)C(C)C(=O)O. The molecule has 9 heteroatoms. The minimum Gasteiger partial charge on any atom is -0.480 e. The maximum absolute atomic E-state index is 12.3. The van der Waals surface area contributed by atoms with Crippen LogP contribution >= 0.6 is 11.6 Å². The van der Waals surface area contributed by atoms with E-state index in [1.807, 2.05) is 0 Å². The molecule has 0 fully saturated rings. The van der Waals surface area contributed by atoms with Crippen LogP contribution in [-0.4, -0.2) is 52.1 Å². The van der Waals surface area contributed by atoms with E-state index in [0.717, 1.165) is 0 Å². The number of aromatic nitrogens is 1. The number of hydrogen-bond donors (Lipinski definition) is 2. The summed E-state index contributed by atoms with van der Waals surface area (Å²) in [7, 11) is 0. The first-order valence-electron chi connectivity index (χ1n) is 7.11. The lowest BCUT2D eigenvalue weighted by Crippen LogP contribution is -2.46. The molecule has 0 aromatic carbocycles. The molecule has 0 radical (unpaired) electrons. The molecular weight excluding hydrogens is 326 g/mol. The van der Waals surface area contributed by atoms with Gasteiger partial charge in [0.25, 0.3) is 0 Å². The highest BCUT2D eigenvalue weighted by Gasteiger charge is 2.25. The van der Waals surface area contributed by atoms with Gasteiger partial charge in [0.1, 0.15) is 6.04 Å². The second-order valence-electron chi connectivity index (χ2n) is 5.10. The maximum atomic E-state index is 12.3. The predicted molar refractivity (Wildman–Crippen MR) is 82.1 cm³/mol. The summed E-state index contributed by atoms with van der Waals surface area (Å²) < 4.78 is 4.81. The van der Waals surface area contributed by atoms with E-state index in [1.165, 1.54) is 18.7 Å². The van der Waals surface area contributed by atoms with Gasteiger partial charge >= 0.3 is 5.97 Å². The summed E-state index contributed by atoms with van der Waals surface area (Å²) >= 11 is 5.84. The number of carboxylic acid groups (broad SMARTS) is 1. The van der Waals surface area contributed by atoms with Crippen LogP contribution in [0.15, 0.2) is 4.52 Å². The quantitative estimate of drug-likeness (QED) is 0.727. The zero-order chi connectivity index (χ0) is 17.6. The van der Waals surface area contributed by atoms with Gasteiger partial charge < -0.3 is 19.8 Å². The van der Waals surface area contributed by atoms with E-state index in [1.54, 1.807) is 6.92 Å². The van der Waals surface area contributed by atoms with E-state index in [0.29, 0.717) is 17.7 Å². The Balaban J connectivity index is 2.70. The number of rotatable bonds is 8. The van der Waals surface area contributed by atoms with Gasteiger partial charge in [0, 0.05) is 32.0 Å². The normalized spacial score (nSPS) is 11.8. The van der Waals surface area contributed by atoms with Crippen molar-refractivity contribution in [1.82, 2.24) is 15.4 Å². The molecule has 0 spiro atoms. The molecule has 0 saturated heterocycles. The monoisotopic (exact) mass is 345 g/mol. The van der Waals surface area contributed by atoms with Gasteiger partial charge in [0.2, 0.25) is 17.0 Å². The van der Waals surface area contributed by atoms with Crippen molar-refractivity contribution in [2.75, 3.05) is 13.1 Å². The van der Waals surface area contributed by atoms with E-state index < -0.39 is 12.0 Å². The zero-order valence-electron chi connectivity index (χ0n) is 13.3. The average molecular weight is 346 g/mol. The van der Waals surface area contributed by atoms with Crippen molar-refractivity contribution in [1.29, 1.82) is 0 Å². The lowest BCUT2D eigenvalue weighted by atomic mass is 10.1. The molecule has 1 heterocycles. The molecule has 0 bridgehead atoms. The van der Waals surface area contributed by atoms with Crippen LogP contribution in [0.25, 0.3) is 0 Å². The standard InChI is InChI=1S/C14H20ClN3O5/c1-8-11(13(15)23-17-8)4-5-12(20)18(9(2)14(21)22)7-6-16-10(3)19/h9H,4-7H2,1-3H3,(H,16,19)(H,21,22). The Morgan fingerprint density at radius 3 is 2.57 bits per heavy atom. The molecule has 0 aliphatic carbocycles. The fourth-order valence-electron chi connectivity index (χ4n) is 2.04. The first-order valence-corrected chi connectivity index (χ1v) is 7.49. The number of carbonyl (C=O) groups excluding carboxylic acids is 2. The third kappa shape index (κ3) is 5.55. The topological polar surface area (TPSA) is 113 Å². The van der Waals surface area contributed by atoms with Crippen molar-refractivity contribution >= 4 is 29.4 Å². The molecule has 1 rings (SSSR count). The third-order valence-corrected chi connectivity index (χ3v) is 3.69. The molecule has 1 unspecified atom stereocenters. The van der Waals surface area contributed by atoms with Crippen molar-refractivity contribution in [2.24, 2.45) is 0 Å². The smallest absolute Gasteiger partial charge is 0.326 e. The molecule has 8 nitrogen and oxygen atoms in total. The minimum absolute atomic E-state index is 0.0689. The summed E-state index contributed by atoms with van der Waals surface area (Å²) in [6, 6.07) is -0.990. The van der Waals surface area contributed by atoms with Gasteiger partial charge in [0.15, 0.2) is 0 Å². The fourth-order valence-corrected chi connectivity index (χ4v) is 2.30. The van der Waals surface area contributed by atoms with Crippen LogP contribution in [0.5, 0.6) is 0 Å². The number of amides is 2. The minimum atomic E-state index is -1.11. The average Bonchev–Trinajstić information content (AvgIpc) is 2.79. The molecule has 2 N–H and O–H groups in total. The number of aliphatic carboxylic acids is 1. The molecule has 1 atom stereocenters. The van der Waals surface area contributed by atoms with Crippen LogP contribution in [0, 0.1) is 6.92 Å². The van der Waals surface area contributed by atoms with Crippen LogP contribution in [0.1, 0.15) is 31.5 Å². The van der Waals surface area contributed by atoms with Gasteiger partial charge in [-0.05, 0) is 31.9 Å². The van der Waals surface area contributed by atoms with Crippen molar-refractivity contribution in [2.45, 2.75) is 39.7 Å². The Bertz CT molecular complexity index is 567.